The summed E-state index contributed by atoms with van der Waals surface area (Å²) in [5, 5.41) is 0. The smallest absolute Gasteiger partial charge is 0.140 e. The Kier molecular flexibility index (Phi) is 2.23. The Balaban J connectivity index is 2.91. The first-order valence-electron chi connectivity index (χ1n) is 4.90. The number of aromatic nitrogens is 2. The number of fused-ring (bicyclic) bond motifs is 1. The Morgan fingerprint density at radius 1 is 1.27 bits per heavy atom. The first-order valence-corrected chi connectivity index (χ1v) is 7.50. The van der Waals surface area contributed by atoms with Crippen LogP contribution in [0.15, 0.2) is 18.3 Å². The van der Waals surface area contributed by atoms with Crippen molar-refractivity contribution in [3.05, 3.63) is 29.6 Å². The topological polar surface area (TPSA) is 34.4 Å². The highest BCUT2D eigenvalue weighted by Gasteiger charge is 2.18. The summed E-state index contributed by atoms with van der Waals surface area (Å²) in [5.41, 5.74) is 3.93. The van der Waals surface area contributed by atoms with E-state index in [0.717, 1.165) is 22.3 Å². The van der Waals surface area contributed by atoms with Gasteiger partial charge in [-0.25, -0.2) is 4.98 Å². The van der Waals surface area contributed by atoms with Gasteiger partial charge in [-0.15, -0.1) is 0 Å². The maximum Gasteiger partial charge on any atom is 0.140 e. The van der Waals surface area contributed by atoms with Gasteiger partial charge in [0.1, 0.15) is 18.2 Å². The molecular formula is C11H15N2OP. The number of nitrogens with zero attached hydrogens (tertiary/aromatic N) is 2. The Labute approximate surface area is 89.5 Å². The lowest BCUT2D eigenvalue weighted by Gasteiger charge is -2.09. The third-order valence-corrected chi connectivity index (χ3v) is 3.99. The van der Waals surface area contributed by atoms with Crippen molar-refractivity contribution < 1.29 is 4.57 Å². The van der Waals surface area contributed by atoms with Crippen LogP contribution in [0.3, 0.4) is 0 Å². The largest absolute Gasteiger partial charge is 0.318 e. The quantitative estimate of drug-likeness (QED) is 0.693. The molecule has 0 aliphatic heterocycles. The molecule has 0 radical (unpaired) electrons. The molecule has 0 amide bonds. The van der Waals surface area contributed by atoms with Crippen molar-refractivity contribution in [2.45, 2.75) is 13.8 Å². The summed E-state index contributed by atoms with van der Waals surface area (Å²) in [4.78, 5) is 4.34. The monoisotopic (exact) mass is 222 g/mol. The van der Waals surface area contributed by atoms with E-state index in [1.54, 1.807) is 19.5 Å². The molecule has 2 rings (SSSR count). The van der Waals surface area contributed by atoms with Crippen LogP contribution in [0, 0.1) is 13.8 Å². The van der Waals surface area contributed by atoms with Crippen molar-refractivity contribution in [2.75, 3.05) is 13.3 Å². The highest BCUT2D eigenvalue weighted by molar-refractivity contribution is 7.69. The highest BCUT2D eigenvalue weighted by atomic mass is 31.2. The summed E-state index contributed by atoms with van der Waals surface area (Å²) in [6.07, 6.45) is 1.73. The van der Waals surface area contributed by atoms with E-state index in [2.05, 4.69) is 4.98 Å². The van der Waals surface area contributed by atoms with Gasteiger partial charge in [0.15, 0.2) is 0 Å². The lowest BCUT2D eigenvalue weighted by Crippen LogP contribution is -2.12. The van der Waals surface area contributed by atoms with E-state index in [0.29, 0.717) is 0 Å². The molecule has 0 saturated carbocycles. The van der Waals surface area contributed by atoms with Crippen LogP contribution in [0.4, 0.5) is 0 Å². The predicted octanol–water partition coefficient (Wildman–Crippen LogP) is 2.20. The van der Waals surface area contributed by atoms with E-state index in [4.69, 9.17) is 0 Å². The Bertz CT molecular complexity index is 565. The number of imidazole rings is 1. The van der Waals surface area contributed by atoms with E-state index in [1.165, 1.54) is 0 Å². The van der Waals surface area contributed by atoms with E-state index in [9.17, 15) is 4.57 Å². The van der Waals surface area contributed by atoms with Crippen molar-refractivity contribution in [3.8, 4) is 0 Å². The summed E-state index contributed by atoms with van der Waals surface area (Å²) >= 11 is 0. The molecule has 4 heteroatoms. The number of rotatable bonds is 1. The Hall–Kier alpha value is -1.08. The SMILES string of the molecule is Cc1ccc(C)n2c(P(C)(C)=O)cnc12. The van der Waals surface area contributed by atoms with E-state index >= 15 is 0 Å². The summed E-state index contributed by atoms with van der Waals surface area (Å²) in [5.74, 6) is 0. The number of pyridine rings is 1. The average molecular weight is 222 g/mol. The molecule has 3 nitrogen and oxygen atoms in total. The fraction of sp³-hybridized carbons (Fsp3) is 0.364. The van der Waals surface area contributed by atoms with Crippen LogP contribution < -0.4 is 5.44 Å². The minimum absolute atomic E-state index is 0.832. The molecule has 80 valence electrons. The van der Waals surface area contributed by atoms with Gasteiger partial charge < -0.3 is 4.57 Å². The minimum atomic E-state index is -2.26. The third kappa shape index (κ3) is 1.61. The van der Waals surface area contributed by atoms with Crippen LogP contribution in [-0.4, -0.2) is 22.7 Å². The molecule has 2 aromatic heterocycles. The van der Waals surface area contributed by atoms with E-state index < -0.39 is 7.14 Å². The molecule has 0 N–H and O–H groups in total. The van der Waals surface area contributed by atoms with Gasteiger partial charge in [0.2, 0.25) is 0 Å². The molecule has 0 atom stereocenters. The summed E-state index contributed by atoms with van der Waals surface area (Å²) in [7, 11) is -2.26. The van der Waals surface area contributed by atoms with Crippen LogP contribution in [0.5, 0.6) is 0 Å². The first-order chi connectivity index (χ1) is 6.91. The summed E-state index contributed by atoms with van der Waals surface area (Å²) < 4.78 is 14.1. The molecular weight excluding hydrogens is 207 g/mol. The fourth-order valence-electron chi connectivity index (χ4n) is 1.74. The van der Waals surface area contributed by atoms with Gasteiger partial charge in [-0.3, -0.25) is 4.40 Å². The molecule has 2 heterocycles. The molecule has 0 aromatic carbocycles. The van der Waals surface area contributed by atoms with Crippen molar-refractivity contribution in [2.24, 2.45) is 0 Å². The molecule has 0 aliphatic rings. The van der Waals surface area contributed by atoms with Crippen LogP contribution in [0.25, 0.3) is 5.65 Å². The molecule has 2 aromatic rings. The summed E-state index contributed by atoms with van der Waals surface area (Å²) in [6.45, 7) is 7.57. The second kappa shape index (κ2) is 3.21. The summed E-state index contributed by atoms with van der Waals surface area (Å²) in [6, 6.07) is 4.07. The normalized spacial score (nSPS) is 12.3. The second-order valence-corrected chi connectivity index (χ2v) is 7.44. The van der Waals surface area contributed by atoms with E-state index in [-0.39, 0.29) is 0 Å². The molecule has 0 saturated heterocycles. The first kappa shape index (κ1) is 10.4. The Morgan fingerprint density at radius 2 is 1.93 bits per heavy atom. The zero-order chi connectivity index (χ0) is 11.2. The maximum atomic E-state index is 12.1. The standard InChI is InChI=1S/C11H15N2OP/c1-8-5-6-9(2)13-10(15(3,4)14)7-12-11(8)13/h5-7H,1-4H3. The highest BCUT2D eigenvalue weighted by Crippen LogP contribution is 2.35. The van der Waals surface area contributed by atoms with Gasteiger partial charge in [0.05, 0.1) is 6.20 Å². The average Bonchev–Trinajstić information content (AvgIpc) is 2.55. The van der Waals surface area contributed by atoms with Crippen LogP contribution >= 0.6 is 7.14 Å². The van der Waals surface area contributed by atoms with Gasteiger partial charge in [-0.2, -0.15) is 0 Å². The zero-order valence-corrected chi connectivity index (χ0v) is 10.4. The van der Waals surface area contributed by atoms with Crippen LogP contribution in [0.1, 0.15) is 11.3 Å². The molecule has 0 aliphatic carbocycles. The zero-order valence-electron chi connectivity index (χ0n) is 9.48. The van der Waals surface area contributed by atoms with Crippen molar-refractivity contribution in [3.63, 3.8) is 0 Å². The van der Waals surface area contributed by atoms with Gasteiger partial charge in [-0.1, -0.05) is 6.07 Å². The number of aryl methyl sites for hydroxylation is 2. The molecule has 15 heavy (non-hydrogen) atoms. The molecule has 0 unspecified atom stereocenters. The van der Waals surface area contributed by atoms with Gasteiger partial charge in [-0.05, 0) is 38.8 Å². The number of hydrogen-bond donors (Lipinski definition) is 0. The van der Waals surface area contributed by atoms with Crippen molar-refractivity contribution in [1.29, 1.82) is 0 Å². The van der Waals surface area contributed by atoms with E-state index in [1.807, 2.05) is 30.4 Å². The lowest BCUT2D eigenvalue weighted by atomic mass is 10.2. The molecule has 0 spiro atoms. The third-order valence-electron chi connectivity index (χ3n) is 2.57. The molecule has 0 bridgehead atoms. The molecule has 0 fully saturated rings. The minimum Gasteiger partial charge on any atom is -0.318 e. The van der Waals surface area contributed by atoms with Crippen molar-refractivity contribution >= 4 is 18.2 Å². The van der Waals surface area contributed by atoms with Crippen molar-refractivity contribution in [1.82, 2.24) is 9.38 Å². The Morgan fingerprint density at radius 3 is 2.53 bits per heavy atom. The van der Waals surface area contributed by atoms with Gasteiger partial charge >= 0.3 is 0 Å². The fourth-order valence-corrected chi connectivity index (χ4v) is 2.81. The number of hydrogen-bond acceptors (Lipinski definition) is 2. The lowest BCUT2D eigenvalue weighted by molar-refractivity contribution is 0.587. The maximum absolute atomic E-state index is 12.1. The second-order valence-electron chi connectivity index (χ2n) is 4.28. The van der Waals surface area contributed by atoms with Gasteiger partial charge in [0, 0.05) is 5.69 Å². The predicted molar refractivity (Wildman–Crippen MR) is 63.8 cm³/mol. The van der Waals surface area contributed by atoms with Crippen LogP contribution in [-0.2, 0) is 4.57 Å². The van der Waals surface area contributed by atoms with Crippen LogP contribution in [0.2, 0.25) is 0 Å². The van der Waals surface area contributed by atoms with Gasteiger partial charge in [0.25, 0.3) is 0 Å².